The minimum absolute atomic E-state index is 0.00838. The number of anilines is 1. The molecule has 0 fully saturated rings. The number of hydrogen-bond donors (Lipinski definition) is 2. The maximum absolute atomic E-state index is 12.6. The molecular weight excluding hydrogens is 435 g/mol. The van der Waals surface area contributed by atoms with Crippen LogP contribution in [0.15, 0.2) is 53.4 Å². The second kappa shape index (κ2) is 9.48. The molecule has 2 aromatic rings. The third kappa shape index (κ3) is 6.79. The summed E-state index contributed by atoms with van der Waals surface area (Å²) in [6.07, 6.45) is -4.45. The van der Waals surface area contributed by atoms with Crippen molar-refractivity contribution in [2.45, 2.75) is 37.5 Å². The number of nitrogens with zero attached hydrogens (tertiary/aromatic N) is 1. The summed E-state index contributed by atoms with van der Waals surface area (Å²) in [5, 5.41) is 2.51. The average molecular weight is 457 g/mol. The number of benzene rings is 2. The number of carbonyl (C=O) groups excluding carboxylic acids is 2. The summed E-state index contributed by atoms with van der Waals surface area (Å²) in [4.78, 5) is 24.7. The van der Waals surface area contributed by atoms with E-state index in [0.717, 1.165) is 12.1 Å². The topological polar surface area (TPSA) is 95.6 Å². The Labute approximate surface area is 178 Å². The molecule has 0 aliphatic heterocycles. The molecule has 7 nitrogen and oxygen atoms in total. The van der Waals surface area contributed by atoms with E-state index in [4.69, 9.17) is 0 Å². The van der Waals surface area contributed by atoms with Crippen LogP contribution in [0.25, 0.3) is 0 Å². The van der Waals surface area contributed by atoms with Crippen LogP contribution in [0.3, 0.4) is 0 Å². The molecule has 0 aromatic heterocycles. The van der Waals surface area contributed by atoms with E-state index < -0.39 is 33.7 Å². The molecule has 0 aliphatic rings. The highest BCUT2D eigenvalue weighted by Crippen LogP contribution is 2.29. The van der Waals surface area contributed by atoms with Crippen molar-refractivity contribution in [2.24, 2.45) is 0 Å². The summed E-state index contributed by atoms with van der Waals surface area (Å²) < 4.78 is 65.2. The molecule has 2 aromatic carbocycles. The fourth-order valence-corrected chi connectivity index (χ4v) is 3.95. The molecule has 2 N–H and O–H groups in total. The number of halogens is 3. The number of sulfonamides is 1. The highest BCUT2D eigenvalue weighted by molar-refractivity contribution is 7.89. The quantitative estimate of drug-likeness (QED) is 0.668. The van der Waals surface area contributed by atoms with Crippen LogP contribution in [-0.4, -0.2) is 38.2 Å². The highest BCUT2D eigenvalue weighted by atomic mass is 32.2. The summed E-state index contributed by atoms with van der Waals surface area (Å²) in [5.74, 6) is -0.859. The van der Waals surface area contributed by atoms with Gasteiger partial charge in [-0.2, -0.15) is 17.9 Å². The molecule has 0 heterocycles. The van der Waals surface area contributed by atoms with Crippen molar-refractivity contribution in [3.05, 3.63) is 59.7 Å². The van der Waals surface area contributed by atoms with Gasteiger partial charge in [0.1, 0.15) is 0 Å². The van der Waals surface area contributed by atoms with Gasteiger partial charge in [0.15, 0.2) is 0 Å². The summed E-state index contributed by atoms with van der Waals surface area (Å²) in [6.45, 7) is 2.70. The van der Waals surface area contributed by atoms with Crippen LogP contribution in [0, 0.1) is 0 Å². The van der Waals surface area contributed by atoms with Crippen molar-refractivity contribution in [2.75, 3.05) is 12.4 Å². The number of carbonyl (C=O) groups is 2. The maximum atomic E-state index is 12.6. The molecule has 11 heteroatoms. The molecule has 168 valence electrons. The van der Waals surface area contributed by atoms with Crippen LogP contribution < -0.4 is 10.0 Å². The molecule has 0 spiro atoms. The standard InChI is InChI=1S/C20H22F3N3O4S/c1-13(25-31(29,30)18-10-8-17(9-11-18)24-14(2)27)19(28)26(3)12-15-4-6-16(7-5-15)20(21,22)23/h4-11,13,25H,12H2,1-3H3,(H,24,27)/t13-/m0/s1. The molecule has 31 heavy (non-hydrogen) atoms. The van der Waals surface area contributed by atoms with Crippen LogP contribution in [0.5, 0.6) is 0 Å². The lowest BCUT2D eigenvalue weighted by Gasteiger charge is -2.22. The van der Waals surface area contributed by atoms with Gasteiger partial charge in [0, 0.05) is 26.2 Å². The van der Waals surface area contributed by atoms with Gasteiger partial charge >= 0.3 is 6.18 Å². The molecule has 0 saturated heterocycles. The predicted molar refractivity (Wildman–Crippen MR) is 108 cm³/mol. The minimum atomic E-state index is -4.45. The van der Waals surface area contributed by atoms with E-state index in [0.29, 0.717) is 11.3 Å². The van der Waals surface area contributed by atoms with Crippen molar-refractivity contribution in [1.29, 1.82) is 0 Å². The minimum Gasteiger partial charge on any atom is -0.340 e. The Balaban J connectivity index is 2.02. The van der Waals surface area contributed by atoms with Crippen LogP contribution >= 0.6 is 0 Å². The zero-order valence-corrected chi connectivity index (χ0v) is 17.8. The predicted octanol–water partition coefficient (Wildman–Crippen LogP) is 2.99. The second-order valence-electron chi connectivity index (χ2n) is 6.94. The number of amides is 2. The van der Waals surface area contributed by atoms with E-state index in [9.17, 15) is 31.2 Å². The molecule has 0 aliphatic carbocycles. The molecule has 0 unspecified atom stereocenters. The number of likely N-dealkylation sites (N-methyl/N-ethyl adjacent to an activating group) is 1. The van der Waals surface area contributed by atoms with E-state index in [1.54, 1.807) is 0 Å². The third-order valence-electron chi connectivity index (χ3n) is 4.26. The smallest absolute Gasteiger partial charge is 0.340 e. The lowest BCUT2D eigenvalue weighted by Crippen LogP contribution is -2.45. The lowest BCUT2D eigenvalue weighted by molar-refractivity contribution is -0.137. The van der Waals surface area contributed by atoms with Crippen molar-refractivity contribution in [1.82, 2.24) is 9.62 Å². The molecular formula is C20H22F3N3O4S. The maximum Gasteiger partial charge on any atom is 0.416 e. The third-order valence-corrected chi connectivity index (χ3v) is 5.82. The number of alkyl halides is 3. The fraction of sp³-hybridized carbons (Fsp3) is 0.300. The SMILES string of the molecule is CC(=O)Nc1ccc(S(=O)(=O)N[C@@H](C)C(=O)N(C)Cc2ccc(C(F)(F)F)cc2)cc1. The van der Waals surface area contributed by atoms with Gasteiger partial charge in [0.05, 0.1) is 16.5 Å². The first kappa shape index (κ1) is 24.4. The molecule has 0 radical (unpaired) electrons. The van der Waals surface area contributed by atoms with Crippen molar-refractivity contribution < 1.29 is 31.2 Å². The van der Waals surface area contributed by atoms with Crippen LogP contribution in [-0.2, 0) is 32.3 Å². The number of nitrogens with one attached hydrogen (secondary N) is 2. The normalized spacial score (nSPS) is 12.8. The van der Waals surface area contributed by atoms with Gasteiger partial charge in [-0.1, -0.05) is 12.1 Å². The van der Waals surface area contributed by atoms with Crippen molar-refractivity contribution in [3.63, 3.8) is 0 Å². The van der Waals surface area contributed by atoms with Gasteiger partial charge in [-0.05, 0) is 48.9 Å². The summed E-state index contributed by atoms with van der Waals surface area (Å²) >= 11 is 0. The van der Waals surface area contributed by atoms with Crippen LogP contribution in [0.2, 0.25) is 0 Å². The van der Waals surface area contributed by atoms with E-state index in [1.165, 1.54) is 62.2 Å². The van der Waals surface area contributed by atoms with Crippen molar-refractivity contribution in [3.8, 4) is 0 Å². The molecule has 1 atom stereocenters. The zero-order valence-electron chi connectivity index (χ0n) is 17.0. The van der Waals surface area contributed by atoms with Crippen LogP contribution in [0.1, 0.15) is 25.0 Å². The second-order valence-corrected chi connectivity index (χ2v) is 8.65. The fourth-order valence-electron chi connectivity index (χ4n) is 2.75. The van der Waals surface area contributed by atoms with E-state index in [-0.39, 0.29) is 17.3 Å². The molecule has 2 rings (SSSR count). The zero-order chi connectivity index (χ0) is 23.4. The first-order valence-corrected chi connectivity index (χ1v) is 10.6. The molecule has 0 bridgehead atoms. The average Bonchev–Trinajstić information content (AvgIpc) is 2.66. The summed E-state index contributed by atoms with van der Waals surface area (Å²) in [5.41, 5.74) is 0.0928. The first-order chi connectivity index (χ1) is 14.3. The monoisotopic (exact) mass is 457 g/mol. The Morgan fingerprint density at radius 2 is 1.58 bits per heavy atom. The number of hydrogen-bond acceptors (Lipinski definition) is 4. The van der Waals surface area contributed by atoms with Gasteiger partial charge in [-0.3, -0.25) is 9.59 Å². The van der Waals surface area contributed by atoms with Gasteiger partial charge in [0.25, 0.3) is 0 Å². The van der Waals surface area contributed by atoms with Gasteiger partial charge in [-0.25, -0.2) is 8.42 Å². The summed E-state index contributed by atoms with van der Waals surface area (Å²) in [7, 11) is -2.59. The van der Waals surface area contributed by atoms with Gasteiger partial charge < -0.3 is 10.2 Å². The largest absolute Gasteiger partial charge is 0.416 e. The Morgan fingerprint density at radius 3 is 2.06 bits per heavy atom. The summed E-state index contributed by atoms with van der Waals surface area (Å²) in [6, 6.07) is 8.66. The Bertz CT molecular complexity index is 1040. The Hall–Kier alpha value is -2.92. The van der Waals surface area contributed by atoms with Gasteiger partial charge in [-0.15, -0.1) is 0 Å². The molecule has 2 amide bonds. The van der Waals surface area contributed by atoms with Crippen LogP contribution in [0.4, 0.5) is 18.9 Å². The first-order valence-electron chi connectivity index (χ1n) is 9.10. The number of rotatable bonds is 7. The van der Waals surface area contributed by atoms with E-state index in [2.05, 4.69) is 10.0 Å². The highest BCUT2D eigenvalue weighted by Gasteiger charge is 2.30. The Morgan fingerprint density at radius 1 is 1.03 bits per heavy atom. The Kier molecular flexibility index (Phi) is 7.45. The molecule has 0 saturated carbocycles. The van der Waals surface area contributed by atoms with Crippen molar-refractivity contribution >= 4 is 27.5 Å². The van der Waals surface area contributed by atoms with Gasteiger partial charge in [0.2, 0.25) is 21.8 Å². The van der Waals surface area contributed by atoms with E-state index >= 15 is 0 Å². The lowest BCUT2D eigenvalue weighted by atomic mass is 10.1. The van der Waals surface area contributed by atoms with E-state index in [1.807, 2.05) is 0 Å².